The van der Waals surface area contributed by atoms with Gasteiger partial charge in [-0.05, 0) is 61.5 Å². The van der Waals surface area contributed by atoms with Crippen LogP contribution in [0.15, 0.2) is 66.7 Å². The number of hydrogen-bond donors (Lipinski definition) is 1. The third-order valence-electron chi connectivity index (χ3n) is 4.43. The van der Waals surface area contributed by atoms with E-state index in [0.717, 1.165) is 22.4 Å². The number of rotatable bonds is 6. The van der Waals surface area contributed by atoms with Crippen LogP contribution in [0.1, 0.15) is 17.3 Å². The van der Waals surface area contributed by atoms with Crippen molar-refractivity contribution in [2.75, 3.05) is 13.7 Å². The average molecular weight is 388 g/mol. The van der Waals surface area contributed by atoms with Gasteiger partial charge in [0.05, 0.1) is 30.3 Å². The fourth-order valence-corrected chi connectivity index (χ4v) is 2.98. The lowest BCUT2D eigenvalue weighted by Crippen LogP contribution is -2.09. The van der Waals surface area contributed by atoms with E-state index in [1.54, 1.807) is 37.4 Å². The van der Waals surface area contributed by atoms with Crippen molar-refractivity contribution in [2.24, 2.45) is 0 Å². The van der Waals surface area contributed by atoms with Gasteiger partial charge in [-0.2, -0.15) is 0 Å². The highest BCUT2D eigenvalue weighted by Gasteiger charge is 2.15. The molecule has 4 rings (SSSR count). The minimum atomic E-state index is -0.468. The lowest BCUT2D eigenvalue weighted by atomic mass is 10.2. The zero-order valence-corrected chi connectivity index (χ0v) is 16.1. The number of nitrogens with zero attached hydrogens (tertiary/aromatic N) is 1. The molecule has 0 fully saturated rings. The number of carbonyl (C=O) groups is 1. The molecule has 0 aliphatic rings. The predicted octanol–water partition coefficient (Wildman–Crippen LogP) is 4.86. The lowest BCUT2D eigenvalue weighted by molar-refractivity contribution is 0.0728. The molecule has 6 nitrogen and oxygen atoms in total. The second-order valence-electron chi connectivity index (χ2n) is 6.32. The zero-order chi connectivity index (χ0) is 20.2. The first-order valence-electron chi connectivity index (χ1n) is 9.26. The number of para-hydroxylation sites is 2. The Morgan fingerprint density at radius 3 is 2.52 bits per heavy atom. The van der Waals surface area contributed by atoms with E-state index in [9.17, 15) is 4.79 Å². The maximum Gasteiger partial charge on any atom is 0.343 e. The van der Waals surface area contributed by atoms with E-state index in [-0.39, 0.29) is 0 Å². The number of aromatic amines is 1. The van der Waals surface area contributed by atoms with E-state index in [0.29, 0.717) is 29.4 Å². The third-order valence-corrected chi connectivity index (χ3v) is 4.43. The van der Waals surface area contributed by atoms with Crippen molar-refractivity contribution in [1.82, 2.24) is 9.97 Å². The van der Waals surface area contributed by atoms with Crippen LogP contribution in [0.3, 0.4) is 0 Å². The van der Waals surface area contributed by atoms with Gasteiger partial charge < -0.3 is 19.2 Å². The van der Waals surface area contributed by atoms with Crippen LogP contribution < -0.4 is 14.2 Å². The largest absolute Gasteiger partial charge is 0.497 e. The Hall–Kier alpha value is -3.80. The monoisotopic (exact) mass is 388 g/mol. The normalized spacial score (nSPS) is 10.7. The molecule has 29 heavy (non-hydrogen) atoms. The Balaban J connectivity index is 1.62. The molecule has 146 valence electrons. The molecule has 0 amide bonds. The van der Waals surface area contributed by atoms with Gasteiger partial charge in [0.25, 0.3) is 0 Å². The van der Waals surface area contributed by atoms with E-state index < -0.39 is 5.97 Å². The third kappa shape index (κ3) is 3.91. The lowest BCUT2D eigenvalue weighted by Gasteiger charge is -2.12. The highest BCUT2D eigenvalue weighted by molar-refractivity contribution is 5.91. The van der Waals surface area contributed by atoms with E-state index in [4.69, 9.17) is 14.2 Å². The van der Waals surface area contributed by atoms with Crippen molar-refractivity contribution in [1.29, 1.82) is 0 Å². The van der Waals surface area contributed by atoms with Gasteiger partial charge in [-0.3, -0.25) is 0 Å². The average Bonchev–Trinajstić information content (AvgIpc) is 3.19. The molecule has 0 aliphatic heterocycles. The summed E-state index contributed by atoms with van der Waals surface area (Å²) in [5, 5.41) is 0. The van der Waals surface area contributed by atoms with Gasteiger partial charge in [0, 0.05) is 5.56 Å². The number of esters is 1. The van der Waals surface area contributed by atoms with Crippen LogP contribution in [0, 0.1) is 0 Å². The van der Waals surface area contributed by atoms with Gasteiger partial charge >= 0.3 is 5.97 Å². The quantitative estimate of drug-likeness (QED) is 0.377. The molecule has 0 bridgehead atoms. The molecule has 0 saturated heterocycles. The predicted molar refractivity (Wildman–Crippen MR) is 111 cm³/mol. The second-order valence-corrected chi connectivity index (χ2v) is 6.32. The Labute approximate surface area is 168 Å². The fourth-order valence-electron chi connectivity index (χ4n) is 2.98. The van der Waals surface area contributed by atoms with Crippen molar-refractivity contribution in [3.05, 3.63) is 72.3 Å². The van der Waals surface area contributed by atoms with Crippen molar-refractivity contribution >= 4 is 17.0 Å². The maximum absolute atomic E-state index is 12.5. The first kappa shape index (κ1) is 18.6. The topological polar surface area (TPSA) is 73.4 Å². The number of methoxy groups -OCH3 is 1. The summed E-state index contributed by atoms with van der Waals surface area (Å²) < 4.78 is 16.4. The molecule has 0 radical (unpaired) electrons. The number of carbonyl (C=O) groups excluding carboxylic acids is 1. The van der Waals surface area contributed by atoms with Crippen molar-refractivity contribution < 1.29 is 19.0 Å². The molecule has 0 aliphatic carbocycles. The second kappa shape index (κ2) is 8.06. The van der Waals surface area contributed by atoms with E-state index in [1.165, 1.54) is 0 Å². The van der Waals surface area contributed by atoms with E-state index >= 15 is 0 Å². The summed E-state index contributed by atoms with van der Waals surface area (Å²) in [5.41, 5.74) is 3.11. The van der Waals surface area contributed by atoms with Crippen molar-refractivity contribution in [3.8, 4) is 28.6 Å². The van der Waals surface area contributed by atoms with Crippen LogP contribution in [0.5, 0.6) is 17.2 Å². The van der Waals surface area contributed by atoms with Gasteiger partial charge in [0.1, 0.15) is 11.6 Å². The Morgan fingerprint density at radius 1 is 1.00 bits per heavy atom. The number of benzene rings is 3. The van der Waals surface area contributed by atoms with Crippen LogP contribution in [-0.4, -0.2) is 29.7 Å². The molecule has 3 aromatic carbocycles. The van der Waals surface area contributed by atoms with Gasteiger partial charge in [-0.25, -0.2) is 9.78 Å². The molecular formula is C23H20N2O4. The zero-order valence-electron chi connectivity index (χ0n) is 16.1. The molecule has 0 saturated carbocycles. The number of nitrogens with one attached hydrogen (secondary N) is 1. The number of ether oxygens (including phenoxy) is 3. The van der Waals surface area contributed by atoms with Crippen LogP contribution in [-0.2, 0) is 0 Å². The number of imidazole rings is 1. The van der Waals surface area contributed by atoms with Crippen LogP contribution in [0.25, 0.3) is 22.4 Å². The Morgan fingerprint density at radius 2 is 1.79 bits per heavy atom. The fraction of sp³-hybridized carbons (Fsp3) is 0.130. The molecule has 0 unspecified atom stereocenters. The minimum absolute atomic E-state index is 0.354. The molecule has 1 N–H and O–H groups in total. The van der Waals surface area contributed by atoms with Gasteiger partial charge in [0.15, 0.2) is 11.5 Å². The maximum atomic E-state index is 12.5. The summed E-state index contributed by atoms with van der Waals surface area (Å²) in [6.07, 6.45) is 0. The van der Waals surface area contributed by atoms with Crippen LogP contribution in [0.4, 0.5) is 0 Å². The highest BCUT2D eigenvalue weighted by Crippen LogP contribution is 2.33. The number of aromatic nitrogens is 2. The Bertz CT molecular complexity index is 1120. The minimum Gasteiger partial charge on any atom is -0.497 e. The van der Waals surface area contributed by atoms with E-state index in [1.807, 2.05) is 43.3 Å². The summed E-state index contributed by atoms with van der Waals surface area (Å²) in [4.78, 5) is 20.4. The van der Waals surface area contributed by atoms with E-state index in [2.05, 4.69) is 9.97 Å². The summed E-state index contributed by atoms with van der Waals surface area (Å²) in [7, 11) is 1.57. The first-order valence-corrected chi connectivity index (χ1v) is 9.26. The molecule has 6 heteroatoms. The molecule has 1 aromatic heterocycles. The number of H-pyrrole nitrogens is 1. The van der Waals surface area contributed by atoms with Crippen molar-refractivity contribution in [3.63, 3.8) is 0 Å². The van der Waals surface area contributed by atoms with Gasteiger partial charge in [-0.15, -0.1) is 0 Å². The summed E-state index contributed by atoms with van der Waals surface area (Å²) in [6, 6.07) is 19.9. The van der Waals surface area contributed by atoms with Gasteiger partial charge in [0.2, 0.25) is 0 Å². The smallest absolute Gasteiger partial charge is 0.343 e. The SMILES string of the molecule is CCOc1cc(-c2nc3ccccc3[nH]2)ccc1OC(=O)c1ccc(OC)cc1. The molecule has 4 aromatic rings. The Kier molecular flexibility index (Phi) is 5.16. The molecule has 0 spiro atoms. The summed E-state index contributed by atoms with van der Waals surface area (Å²) in [5.74, 6) is 1.76. The van der Waals surface area contributed by atoms with Crippen LogP contribution >= 0.6 is 0 Å². The van der Waals surface area contributed by atoms with Crippen molar-refractivity contribution in [2.45, 2.75) is 6.92 Å². The standard InChI is InChI=1S/C23H20N2O4/c1-3-28-21-14-16(22-24-18-6-4-5-7-19(18)25-22)10-13-20(21)29-23(26)15-8-11-17(27-2)12-9-15/h4-14H,3H2,1-2H3,(H,24,25). The molecular weight excluding hydrogens is 368 g/mol. The summed E-state index contributed by atoms with van der Waals surface area (Å²) in [6.45, 7) is 2.32. The summed E-state index contributed by atoms with van der Waals surface area (Å²) >= 11 is 0. The highest BCUT2D eigenvalue weighted by atomic mass is 16.6. The number of hydrogen-bond acceptors (Lipinski definition) is 5. The van der Waals surface area contributed by atoms with Gasteiger partial charge in [-0.1, -0.05) is 12.1 Å². The first-order chi connectivity index (χ1) is 14.2. The molecule has 1 heterocycles. The molecule has 0 atom stereocenters. The number of fused-ring (bicyclic) bond motifs is 1. The van der Waals surface area contributed by atoms with Crippen LogP contribution in [0.2, 0.25) is 0 Å².